The zero-order valence-corrected chi connectivity index (χ0v) is 12.0. The summed E-state index contributed by atoms with van der Waals surface area (Å²) in [5.41, 5.74) is 0.0363. The lowest BCUT2D eigenvalue weighted by Crippen LogP contribution is -2.39. The molecule has 1 aliphatic rings. The summed E-state index contributed by atoms with van der Waals surface area (Å²) in [4.78, 5) is 26.4. The van der Waals surface area contributed by atoms with Gasteiger partial charge in [-0.1, -0.05) is 6.92 Å². The summed E-state index contributed by atoms with van der Waals surface area (Å²) >= 11 is 0. The van der Waals surface area contributed by atoms with Gasteiger partial charge in [0.2, 0.25) is 0 Å². The molecule has 1 saturated carbocycles. The molecule has 1 fully saturated rings. The van der Waals surface area contributed by atoms with Gasteiger partial charge in [-0.25, -0.2) is 4.79 Å². The number of carboxylic acid groups (broad SMARTS) is 1. The number of carbonyl (C=O) groups is 2. The normalized spacial score (nSPS) is 21.6. The highest BCUT2D eigenvalue weighted by Crippen LogP contribution is 2.23. The topological polar surface area (TPSA) is 88.5 Å². The third-order valence-corrected chi connectivity index (χ3v) is 3.71. The molecule has 2 rings (SSSR count). The molecule has 0 aromatic carbocycles. The molecule has 0 atom stereocenters. The van der Waals surface area contributed by atoms with Crippen LogP contribution in [0, 0.1) is 5.92 Å². The van der Waals surface area contributed by atoms with Crippen LogP contribution < -0.4 is 10.1 Å². The van der Waals surface area contributed by atoms with E-state index in [1.807, 2.05) is 0 Å². The Morgan fingerprint density at radius 2 is 2.05 bits per heavy atom. The van der Waals surface area contributed by atoms with Gasteiger partial charge < -0.3 is 15.2 Å². The number of amides is 1. The van der Waals surface area contributed by atoms with E-state index in [1.165, 1.54) is 18.5 Å². The van der Waals surface area contributed by atoms with Crippen LogP contribution >= 0.6 is 0 Å². The lowest BCUT2D eigenvalue weighted by atomic mass is 9.87. The predicted octanol–water partition coefficient (Wildman–Crippen LogP) is 1.85. The first-order chi connectivity index (χ1) is 10.0. The zero-order valence-electron chi connectivity index (χ0n) is 12.0. The van der Waals surface area contributed by atoms with Gasteiger partial charge in [-0.3, -0.25) is 9.78 Å². The standard InChI is InChI=1S/C15H20N2O4/c1-10-2-4-12(5-3-10)17-14(18)9-21-13-6-11(15(19)20)7-16-8-13/h6-8,10,12H,2-5,9H2,1H3,(H,17,18)(H,19,20). The number of nitrogens with one attached hydrogen (secondary N) is 1. The average Bonchev–Trinajstić information content (AvgIpc) is 2.48. The molecule has 0 spiro atoms. The predicted molar refractivity (Wildman–Crippen MR) is 76.3 cm³/mol. The monoisotopic (exact) mass is 292 g/mol. The molecule has 1 amide bonds. The Morgan fingerprint density at radius 3 is 2.71 bits per heavy atom. The number of hydrogen-bond acceptors (Lipinski definition) is 4. The quantitative estimate of drug-likeness (QED) is 0.864. The fraction of sp³-hybridized carbons (Fsp3) is 0.533. The lowest BCUT2D eigenvalue weighted by Gasteiger charge is -2.26. The maximum Gasteiger partial charge on any atom is 0.337 e. The van der Waals surface area contributed by atoms with Crippen LogP contribution in [-0.2, 0) is 4.79 Å². The van der Waals surface area contributed by atoms with Crippen LogP contribution in [0.3, 0.4) is 0 Å². The lowest BCUT2D eigenvalue weighted by molar-refractivity contribution is -0.124. The number of ether oxygens (including phenoxy) is 1. The highest BCUT2D eigenvalue weighted by molar-refractivity contribution is 5.87. The number of hydrogen-bond donors (Lipinski definition) is 2. The number of rotatable bonds is 5. The van der Waals surface area contributed by atoms with Crippen molar-refractivity contribution in [1.82, 2.24) is 10.3 Å². The smallest absolute Gasteiger partial charge is 0.337 e. The van der Waals surface area contributed by atoms with E-state index >= 15 is 0 Å². The molecule has 0 bridgehead atoms. The number of aromatic carboxylic acids is 1. The summed E-state index contributed by atoms with van der Waals surface area (Å²) < 4.78 is 5.28. The van der Waals surface area contributed by atoms with Crippen molar-refractivity contribution in [3.63, 3.8) is 0 Å². The third kappa shape index (κ3) is 4.73. The number of carboxylic acids is 1. The summed E-state index contributed by atoms with van der Waals surface area (Å²) in [6, 6.07) is 1.58. The second-order valence-electron chi connectivity index (χ2n) is 5.53. The van der Waals surface area contributed by atoms with E-state index in [2.05, 4.69) is 17.2 Å². The minimum Gasteiger partial charge on any atom is -0.482 e. The van der Waals surface area contributed by atoms with Crippen molar-refractivity contribution >= 4 is 11.9 Å². The van der Waals surface area contributed by atoms with Crippen molar-refractivity contribution in [2.75, 3.05) is 6.61 Å². The van der Waals surface area contributed by atoms with Gasteiger partial charge in [0.1, 0.15) is 5.75 Å². The Balaban J connectivity index is 1.78. The van der Waals surface area contributed by atoms with Crippen LogP contribution in [-0.4, -0.2) is 34.6 Å². The third-order valence-electron chi connectivity index (χ3n) is 3.71. The summed E-state index contributed by atoms with van der Waals surface area (Å²) in [7, 11) is 0. The van der Waals surface area contributed by atoms with Gasteiger partial charge in [0, 0.05) is 12.2 Å². The van der Waals surface area contributed by atoms with E-state index < -0.39 is 5.97 Å². The largest absolute Gasteiger partial charge is 0.482 e. The molecule has 0 unspecified atom stereocenters. The second kappa shape index (κ2) is 7.06. The Bertz CT molecular complexity index is 510. The molecular weight excluding hydrogens is 272 g/mol. The first-order valence-corrected chi connectivity index (χ1v) is 7.15. The van der Waals surface area contributed by atoms with Gasteiger partial charge in [0.25, 0.3) is 5.91 Å². The summed E-state index contributed by atoms with van der Waals surface area (Å²) in [5, 5.41) is 11.8. The molecule has 21 heavy (non-hydrogen) atoms. The number of aromatic nitrogens is 1. The highest BCUT2D eigenvalue weighted by atomic mass is 16.5. The van der Waals surface area contributed by atoms with Crippen molar-refractivity contribution in [3.05, 3.63) is 24.0 Å². The first-order valence-electron chi connectivity index (χ1n) is 7.15. The van der Waals surface area contributed by atoms with Crippen LogP contribution in [0.25, 0.3) is 0 Å². The summed E-state index contributed by atoms with van der Waals surface area (Å²) in [6.45, 7) is 2.10. The summed E-state index contributed by atoms with van der Waals surface area (Å²) in [6.07, 6.45) is 6.90. The molecule has 1 aromatic heterocycles. The molecule has 0 radical (unpaired) electrons. The Labute approximate surface area is 123 Å². The van der Waals surface area contributed by atoms with Crippen molar-refractivity contribution in [2.24, 2.45) is 5.92 Å². The molecule has 1 heterocycles. The average molecular weight is 292 g/mol. The highest BCUT2D eigenvalue weighted by Gasteiger charge is 2.19. The Hall–Kier alpha value is -2.11. The van der Waals surface area contributed by atoms with Crippen LogP contribution in [0.1, 0.15) is 43.0 Å². The van der Waals surface area contributed by atoms with Gasteiger partial charge in [0.15, 0.2) is 6.61 Å². The maximum absolute atomic E-state index is 11.8. The number of pyridine rings is 1. The molecule has 6 nitrogen and oxygen atoms in total. The molecule has 0 aliphatic heterocycles. The molecule has 6 heteroatoms. The van der Waals surface area contributed by atoms with Gasteiger partial charge in [0.05, 0.1) is 11.8 Å². The van der Waals surface area contributed by atoms with E-state index in [-0.39, 0.29) is 29.9 Å². The van der Waals surface area contributed by atoms with Gasteiger partial charge in [-0.15, -0.1) is 0 Å². The number of nitrogens with zero attached hydrogens (tertiary/aromatic N) is 1. The van der Waals surface area contributed by atoms with Gasteiger partial charge >= 0.3 is 5.97 Å². The van der Waals surface area contributed by atoms with Crippen molar-refractivity contribution < 1.29 is 19.4 Å². The van der Waals surface area contributed by atoms with Crippen molar-refractivity contribution in [2.45, 2.75) is 38.6 Å². The van der Waals surface area contributed by atoms with Crippen molar-refractivity contribution in [1.29, 1.82) is 0 Å². The van der Waals surface area contributed by atoms with Crippen LogP contribution in [0.2, 0.25) is 0 Å². The number of carbonyl (C=O) groups excluding carboxylic acids is 1. The van der Waals surface area contributed by atoms with E-state index in [0.29, 0.717) is 0 Å². The van der Waals surface area contributed by atoms with Crippen LogP contribution in [0.15, 0.2) is 18.5 Å². The molecule has 1 aliphatic carbocycles. The van der Waals surface area contributed by atoms with E-state index in [9.17, 15) is 9.59 Å². The zero-order chi connectivity index (χ0) is 15.2. The minimum absolute atomic E-state index is 0.0363. The first kappa shape index (κ1) is 15.3. The minimum atomic E-state index is -1.08. The fourth-order valence-electron chi connectivity index (χ4n) is 2.44. The van der Waals surface area contributed by atoms with E-state index in [0.717, 1.165) is 31.6 Å². The summed E-state index contributed by atoms with van der Waals surface area (Å²) in [5.74, 6) is -0.245. The van der Waals surface area contributed by atoms with E-state index in [1.54, 1.807) is 0 Å². The second-order valence-corrected chi connectivity index (χ2v) is 5.53. The molecule has 114 valence electrons. The Morgan fingerprint density at radius 1 is 1.33 bits per heavy atom. The molecular formula is C15H20N2O4. The van der Waals surface area contributed by atoms with Gasteiger partial charge in [-0.05, 0) is 37.7 Å². The van der Waals surface area contributed by atoms with Crippen LogP contribution in [0.5, 0.6) is 5.75 Å². The molecule has 0 saturated heterocycles. The molecule has 2 N–H and O–H groups in total. The fourth-order valence-corrected chi connectivity index (χ4v) is 2.44. The van der Waals surface area contributed by atoms with E-state index in [4.69, 9.17) is 9.84 Å². The van der Waals surface area contributed by atoms with Gasteiger partial charge in [-0.2, -0.15) is 0 Å². The van der Waals surface area contributed by atoms with Crippen molar-refractivity contribution in [3.8, 4) is 5.75 Å². The SMILES string of the molecule is CC1CCC(NC(=O)COc2cncc(C(=O)O)c2)CC1. The van der Waals surface area contributed by atoms with Crippen LogP contribution in [0.4, 0.5) is 0 Å². The molecule has 1 aromatic rings. The maximum atomic E-state index is 11.8. The Kier molecular flexibility index (Phi) is 5.14.